The number of carboxylic acids is 2. The predicted molar refractivity (Wildman–Crippen MR) is 74.3 cm³/mol. The third-order valence-electron chi connectivity index (χ3n) is 3.81. The van der Waals surface area contributed by atoms with Crippen LogP contribution >= 0.6 is 0 Å². The van der Waals surface area contributed by atoms with Crippen LogP contribution in [0, 0.1) is 5.41 Å². The first-order valence-electron chi connectivity index (χ1n) is 6.34. The first-order chi connectivity index (χ1) is 9.45. The molecule has 4 nitrogen and oxygen atoms in total. The Morgan fingerprint density at radius 3 is 2.35 bits per heavy atom. The highest BCUT2D eigenvalue weighted by Crippen LogP contribution is 2.41. The standard InChI is InChI=1S/C16H16O4/c1-11-7-8-13(14(17)18)10-16(11,15(19)20)9-12-5-3-2-4-6-12/h2-8H,9-10H2,1H3,(H,17,18)(H,19,20). The molecule has 2 N–H and O–H groups in total. The maximum atomic E-state index is 11.8. The first-order valence-corrected chi connectivity index (χ1v) is 6.34. The van der Waals surface area contributed by atoms with Crippen LogP contribution in [0.15, 0.2) is 53.6 Å². The van der Waals surface area contributed by atoms with Crippen molar-refractivity contribution >= 4 is 11.9 Å². The van der Waals surface area contributed by atoms with Gasteiger partial charge in [0.15, 0.2) is 0 Å². The van der Waals surface area contributed by atoms with Gasteiger partial charge in [-0.05, 0) is 25.3 Å². The third kappa shape index (κ3) is 2.50. The smallest absolute Gasteiger partial charge is 0.331 e. The molecule has 0 heterocycles. The summed E-state index contributed by atoms with van der Waals surface area (Å²) in [6.07, 6.45) is 3.39. The van der Waals surface area contributed by atoms with E-state index in [-0.39, 0.29) is 18.4 Å². The fourth-order valence-electron chi connectivity index (χ4n) is 2.52. The zero-order valence-electron chi connectivity index (χ0n) is 11.2. The number of benzene rings is 1. The topological polar surface area (TPSA) is 74.6 Å². The third-order valence-corrected chi connectivity index (χ3v) is 3.81. The minimum atomic E-state index is -1.18. The molecule has 1 aromatic carbocycles. The lowest BCUT2D eigenvalue weighted by Crippen LogP contribution is -2.37. The van der Waals surface area contributed by atoms with Gasteiger partial charge >= 0.3 is 11.9 Å². The van der Waals surface area contributed by atoms with Crippen molar-refractivity contribution in [2.45, 2.75) is 19.8 Å². The Hall–Kier alpha value is -2.36. The van der Waals surface area contributed by atoms with Crippen molar-refractivity contribution in [3.05, 3.63) is 59.2 Å². The highest BCUT2D eigenvalue weighted by atomic mass is 16.4. The van der Waals surface area contributed by atoms with Crippen LogP contribution in [-0.4, -0.2) is 22.2 Å². The van der Waals surface area contributed by atoms with E-state index in [1.807, 2.05) is 30.3 Å². The van der Waals surface area contributed by atoms with Crippen molar-refractivity contribution in [1.29, 1.82) is 0 Å². The number of carbonyl (C=O) groups is 2. The molecule has 0 fully saturated rings. The molecule has 4 heteroatoms. The zero-order chi connectivity index (χ0) is 14.8. The number of carboxylic acid groups (broad SMARTS) is 2. The Balaban J connectivity index is 2.41. The van der Waals surface area contributed by atoms with Gasteiger partial charge in [0.05, 0.1) is 5.41 Å². The van der Waals surface area contributed by atoms with Crippen molar-refractivity contribution in [3.8, 4) is 0 Å². The number of hydrogen-bond acceptors (Lipinski definition) is 2. The van der Waals surface area contributed by atoms with Gasteiger partial charge in [-0.1, -0.05) is 48.1 Å². The van der Waals surface area contributed by atoms with E-state index in [9.17, 15) is 14.7 Å². The van der Waals surface area contributed by atoms with Gasteiger partial charge in [-0.25, -0.2) is 4.79 Å². The maximum absolute atomic E-state index is 11.8. The van der Waals surface area contributed by atoms with E-state index < -0.39 is 17.4 Å². The van der Waals surface area contributed by atoms with Gasteiger partial charge in [-0.15, -0.1) is 0 Å². The van der Waals surface area contributed by atoms with E-state index in [2.05, 4.69) is 0 Å². The summed E-state index contributed by atoms with van der Waals surface area (Å²) in [5.74, 6) is -2.05. The number of allylic oxidation sites excluding steroid dienone is 2. The van der Waals surface area contributed by atoms with Gasteiger partial charge in [0.2, 0.25) is 0 Å². The minimum absolute atomic E-state index is 0.00882. The van der Waals surface area contributed by atoms with Crippen molar-refractivity contribution in [3.63, 3.8) is 0 Å². The Morgan fingerprint density at radius 2 is 1.80 bits per heavy atom. The van der Waals surface area contributed by atoms with E-state index in [0.29, 0.717) is 5.57 Å². The van der Waals surface area contributed by atoms with Crippen LogP contribution < -0.4 is 0 Å². The molecule has 0 aromatic heterocycles. The monoisotopic (exact) mass is 272 g/mol. The molecule has 0 amide bonds. The van der Waals surface area contributed by atoms with Gasteiger partial charge in [0.25, 0.3) is 0 Å². The van der Waals surface area contributed by atoms with Crippen LogP contribution in [0.25, 0.3) is 0 Å². The lowest BCUT2D eigenvalue weighted by atomic mass is 9.69. The number of aliphatic carboxylic acids is 2. The largest absolute Gasteiger partial charge is 0.481 e. The van der Waals surface area contributed by atoms with Gasteiger partial charge in [0, 0.05) is 5.57 Å². The molecular weight excluding hydrogens is 256 g/mol. The molecule has 104 valence electrons. The Labute approximate surface area is 117 Å². The molecule has 1 atom stereocenters. The highest BCUT2D eigenvalue weighted by molar-refractivity contribution is 5.91. The fourth-order valence-corrected chi connectivity index (χ4v) is 2.52. The van der Waals surface area contributed by atoms with Gasteiger partial charge < -0.3 is 10.2 Å². The highest BCUT2D eigenvalue weighted by Gasteiger charge is 2.43. The molecule has 1 unspecified atom stereocenters. The van der Waals surface area contributed by atoms with Crippen LogP contribution in [0.1, 0.15) is 18.9 Å². The van der Waals surface area contributed by atoms with Crippen molar-refractivity contribution in [1.82, 2.24) is 0 Å². The van der Waals surface area contributed by atoms with Crippen LogP contribution in [0.5, 0.6) is 0 Å². The van der Waals surface area contributed by atoms with E-state index in [1.54, 1.807) is 13.0 Å². The van der Waals surface area contributed by atoms with Gasteiger partial charge in [-0.3, -0.25) is 4.79 Å². The minimum Gasteiger partial charge on any atom is -0.481 e. The molecule has 1 aromatic rings. The SMILES string of the molecule is CC1=CC=C(C(=O)O)CC1(Cc1ccccc1)C(=O)O. The molecule has 0 aliphatic heterocycles. The van der Waals surface area contributed by atoms with Gasteiger partial charge in [-0.2, -0.15) is 0 Å². The lowest BCUT2D eigenvalue weighted by Gasteiger charge is -2.33. The van der Waals surface area contributed by atoms with Crippen LogP contribution in [0.4, 0.5) is 0 Å². The molecular formula is C16H16O4. The second-order valence-electron chi connectivity index (χ2n) is 5.07. The zero-order valence-corrected chi connectivity index (χ0v) is 11.2. The second-order valence-corrected chi connectivity index (χ2v) is 5.07. The fraction of sp³-hybridized carbons (Fsp3) is 0.250. The average Bonchev–Trinajstić information content (AvgIpc) is 2.42. The first kappa shape index (κ1) is 14.1. The molecule has 1 aliphatic rings. The molecule has 0 radical (unpaired) electrons. The summed E-state index contributed by atoms with van der Waals surface area (Å²) in [6, 6.07) is 9.28. The Morgan fingerprint density at radius 1 is 1.15 bits per heavy atom. The summed E-state index contributed by atoms with van der Waals surface area (Å²) >= 11 is 0. The number of rotatable bonds is 4. The Kier molecular flexibility index (Phi) is 3.74. The van der Waals surface area contributed by atoms with E-state index >= 15 is 0 Å². The van der Waals surface area contributed by atoms with Crippen LogP contribution in [-0.2, 0) is 16.0 Å². The van der Waals surface area contributed by atoms with Crippen LogP contribution in [0.2, 0.25) is 0 Å². The van der Waals surface area contributed by atoms with E-state index in [1.165, 1.54) is 6.08 Å². The summed E-state index contributed by atoms with van der Waals surface area (Å²) in [7, 11) is 0. The molecule has 20 heavy (non-hydrogen) atoms. The summed E-state index contributed by atoms with van der Waals surface area (Å²) in [5.41, 5.74) is 0.520. The molecule has 0 saturated heterocycles. The molecule has 2 rings (SSSR count). The average molecular weight is 272 g/mol. The van der Waals surface area contributed by atoms with Crippen molar-refractivity contribution in [2.75, 3.05) is 0 Å². The van der Waals surface area contributed by atoms with Gasteiger partial charge in [0.1, 0.15) is 0 Å². The van der Waals surface area contributed by atoms with Crippen molar-refractivity contribution in [2.24, 2.45) is 5.41 Å². The lowest BCUT2D eigenvalue weighted by molar-refractivity contribution is -0.146. The molecule has 0 bridgehead atoms. The summed E-state index contributed by atoms with van der Waals surface area (Å²) in [4.78, 5) is 22.9. The second kappa shape index (κ2) is 5.33. The molecule has 0 saturated carbocycles. The quantitative estimate of drug-likeness (QED) is 0.883. The van der Waals surface area contributed by atoms with Crippen LogP contribution in [0.3, 0.4) is 0 Å². The molecule has 1 aliphatic carbocycles. The van der Waals surface area contributed by atoms with E-state index in [0.717, 1.165) is 5.56 Å². The Bertz CT molecular complexity index is 598. The number of hydrogen-bond donors (Lipinski definition) is 2. The van der Waals surface area contributed by atoms with Crippen molar-refractivity contribution < 1.29 is 19.8 Å². The summed E-state index contributed by atoms with van der Waals surface area (Å²) < 4.78 is 0. The maximum Gasteiger partial charge on any atom is 0.331 e. The molecule has 0 spiro atoms. The summed E-state index contributed by atoms with van der Waals surface area (Å²) in [6.45, 7) is 1.74. The van der Waals surface area contributed by atoms with E-state index in [4.69, 9.17) is 5.11 Å². The predicted octanol–water partition coefficient (Wildman–Crippen LogP) is 2.66. The normalized spacial score (nSPS) is 21.9. The summed E-state index contributed by atoms with van der Waals surface area (Å²) in [5, 5.41) is 18.8.